The first kappa shape index (κ1) is 7.74. The normalized spacial score (nSPS) is 33.3. The number of rotatable bonds is 2. The van der Waals surface area contributed by atoms with Crippen molar-refractivity contribution in [2.75, 3.05) is 6.61 Å². The van der Waals surface area contributed by atoms with Gasteiger partial charge in [-0.05, 0) is 12.0 Å². The molecule has 1 unspecified atom stereocenters. The Labute approximate surface area is 70.8 Å². The van der Waals surface area contributed by atoms with Crippen LogP contribution < -0.4 is 0 Å². The lowest BCUT2D eigenvalue weighted by Crippen LogP contribution is -2.15. The summed E-state index contributed by atoms with van der Waals surface area (Å²) in [6.07, 6.45) is -0.391. The molecule has 2 atom stereocenters. The lowest BCUT2D eigenvalue weighted by Gasteiger charge is -2.10. The fourth-order valence-electron chi connectivity index (χ4n) is 1.58. The van der Waals surface area contributed by atoms with Crippen molar-refractivity contribution in [2.24, 2.45) is 0 Å². The molecular weight excluding hydrogens is 155 g/mol. The lowest BCUT2D eigenvalue weighted by molar-refractivity contribution is 0.233. The molecule has 2 rings (SSSR count). The third-order valence-corrected chi connectivity index (χ3v) is 2.61. The molecule has 2 heteroatoms. The smallest absolute Gasteiger partial charge is 0.113 e. The van der Waals surface area contributed by atoms with Crippen LogP contribution in [-0.4, -0.2) is 17.9 Å². The summed E-state index contributed by atoms with van der Waals surface area (Å²) in [5.74, 6) is 0. The topological polar surface area (TPSA) is 20.2 Å². The van der Waals surface area contributed by atoms with Gasteiger partial charge < -0.3 is 5.11 Å². The molecule has 0 aliphatic heterocycles. The standard InChI is InChI=1S/C10H11FO/c11-9-6-10(9,7-12)8-4-2-1-3-5-8/h1-5,9,12H,6-7H2/t9?,10-/m0/s1. The zero-order valence-electron chi connectivity index (χ0n) is 6.70. The Balaban J connectivity index is 2.31. The van der Waals surface area contributed by atoms with Crippen molar-refractivity contribution < 1.29 is 9.50 Å². The van der Waals surface area contributed by atoms with E-state index >= 15 is 0 Å². The molecule has 12 heavy (non-hydrogen) atoms. The van der Waals surface area contributed by atoms with E-state index in [-0.39, 0.29) is 6.61 Å². The van der Waals surface area contributed by atoms with Gasteiger partial charge in [-0.3, -0.25) is 0 Å². The van der Waals surface area contributed by atoms with Crippen molar-refractivity contribution >= 4 is 0 Å². The second kappa shape index (κ2) is 2.56. The molecule has 1 fully saturated rings. The van der Waals surface area contributed by atoms with Crippen molar-refractivity contribution in [1.82, 2.24) is 0 Å². The molecule has 0 bridgehead atoms. The van der Waals surface area contributed by atoms with Crippen LogP contribution in [0.4, 0.5) is 4.39 Å². The molecule has 1 nitrogen and oxygen atoms in total. The molecule has 0 spiro atoms. The summed E-state index contributed by atoms with van der Waals surface area (Å²) < 4.78 is 13.0. The fraction of sp³-hybridized carbons (Fsp3) is 0.400. The quantitative estimate of drug-likeness (QED) is 0.708. The van der Waals surface area contributed by atoms with Crippen LogP contribution in [0.25, 0.3) is 0 Å². The summed E-state index contributed by atoms with van der Waals surface area (Å²) in [6.45, 7) is -0.0851. The predicted octanol–water partition coefficient (Wildman–Crippen LogP) is 1.66. The van der Waals surface area contributed by atoms with Crippen LogP contribution in [0.15, 0.2) is 30.3 Å². The molecule has 0 aromatic heterocycles. The van der Waals surface area contributed by atoms with Crippen molar-refractivity contribution in [3.05, 3.63) is 35.9 Å². The van der Waals surface area contributed by atoms with Crippen molar-refractivity contribution in [1.29, 1.82) is 0 Å². The zero-order valence-corrected chi connectivity index (χ0v) is 6.70. The zero-order chi connectivity index (χ0) is 8.60. The van der Waals surface area contributed by atoms with Crippen molar-refractivity contribution in [3.63, 3.8) is 0 Å². The maximum Gasteiger partial charge on any atom is 0.113 e. The molecule has 1 saturated carbocycles. The van der Waals surface area contributed by atoms with Gasteiger partial charge in [0.2, 0.25) is 0 Å². The summed E-state index contributed by atoms with van der Waals surface area (Å²) in [7, 11) is 0. The van der Waals surface area contributed by atoms with E-state index in [1.165, 1.54) is 0 Å². The highest BCUT2D eigenvalue weighted by atomic mass is 19.1. The number of aliphatic hydroxyl groups excluding tert-OH is 1. The SMILES string of the molecule is OC[C@]1(c2ccccc2)CC1F. The Morgan fingerprint density at radius 3 is 2.42 bits per heavy atom. The molecule has 1 aliphatic rings. The van der Waals surface area contributed by atoms with Gasteiger partial charge >= 0.3 is 0 Å². The van der Waals surface area contributed by atoms with E-state index in [1.54, 1.807) is 0 Å². The molecule has 0 heterocycles. The molecule has 0 radical (unpaired) electrons. The van der Waals surface area contributed by atoms with E-state index in [0.29, 0.717) is 6.42 Å². The van der Waals surface area contributed by atoms with Gasteiger partial charge in [-0.1, -0.05) is 30.3 Å². The Kier molecular flexibility index (Phi) is 1.65. The maximum absolute atomic E-state index is 13.0. The molecule has 0 saturated heterocycles. The second-order valence-corrected chi connectivity index (χ2v) is 3.35. The Hall–Kier alpha value is -0.890. The van der Waals surface area contributed by atoms with Crippen LogP contribution in [0, 0.1) is 0 Å². The first-order valence-corrected chi connectivity index (χ1v) is 4.10. The van der Waals surface area contributed by atoms with E-state index < -0.39 is 11.6 Å². The molecule has 1 aromatic rings. The molecule has 1 aromatic carbocycles. The summed E-state index contributed by atoms with van der Waals surface area (Å²) in [6, 6.07) is 9.38. The summed E-state index contributed by atoms with van der Waals surface area (Å²) in [5.41, 5.74) is 0.348. The van der Waals surface area contributed by atoms with E-state index in [4.69, 9.17) is 5.11 Å². The summed E-state index contributed by atoms with van der Waals surface area (Å²) in [5, 5.41) is 9.04. The van der Waals surface area contributed by atoms with Crippen LogP contribution in [0.1, 0.15) is 12.0 Å². The first-order chi connectivity index (χ1) is 5.79. The van der Waals surface area contributed by atoms with Crippen LogP contribution in [0.3, 0.4) is 0 Å². The Morgan fingerprint density at radius 2 is 2.00 bits per heavy atom. The lowest BCUT2D eigenvalue weighted by atomic mass is 9.97. The molecule has 0 amide bonds. The number of aliphatic hydroxyl groups is 1. The van der Waals surface area contributed by atoms with E-state index in [0.717, 1.165) is 5.56 Å². The number of hydrogen-bond donors (Lipinski definition) is 1. The number of halogens is 1. The molecule has 1 aliphatic carbocycles. The minimum atomic E-state index is -0.857. The monoisotopic (exact) mass is 166 g/mol. The first-order valence-electron chi connectivity index (χ1n) is 4.10. The van der Waals surface area contributed by atoms with Gasteiger partial charge in [-0.15, -0.1) is 0 Å². The number of alkyl halides is 1. The largest absolute Gasteiger partial charge is 0.395 e. The molecule has 64 valence electrons. The van der Waals surface area contributed by atoms with Crippen LogP contribution in [0.5, 0.6) is 0 Å². The van der Waals surface area contributed by atoms with Crippen LogP contribution in [-0.2, 0) is 5.41 Å². The summed E-state index contributed by atoms with van der Waals surface area (Å²) >= 11 is 0. The maximum atomic E-state index is 13.0. The van der Waals surface area contributed by atoms with Gasteiger partial charge in [0.1, 0.15) is 6.17 Å². The average molecular weight is 166 g/mol. The van der Waals surface area contributed by atoms with Gasteiger partial charge in [0.05, 0.1) is 12.0 Å². The van der Waals surface area contributed by atoms with E-state index in [9.17, 15) is 4.39 Å². The fourth-order valence-corrected chi connectivity index (χ4v) is 1.58. The Morgan fingerprint density at radius 1 is 1.42 bits per heavy atom. The van der Waals surface area contributed by atoms with Crippen molar-refractivity contribution in [3.8, 4) is 0 Å². The van der Waals surface area contributed by atoms with Gasteiger partial charge in [0.25, 0.3) is 0 Å². The van der Waals surface area contributed by atoms with Crippen LogP contribution in [0.2, 0.25) is 0 Å². The van der Waals surface area contributed by atoms with Crippen molar-refractivity contribution in [2.45, 2.75) is 18.0 Å². The van der Waals surface area contributed by atoms with Gasteiger partial charge in [-0.25, -0.2) is 4.39 Å². The van der Waals surface area contributed by atoms with Gasteiger partial charge in [-0.2, -0.15) is 0 Å². The summed E-state index contributed by atoms with van der Waals surface area (Å²) in [4.78, 5) is 0. The number of hydrogen-bond acceptors (Lipinski definition) is 1. The third-order valence-electron chi connectivity index (χ3n) is 2.61. The Bertz CT molecular complexity index is 268. The third kappa shape index (κ3) is 0.950. The predicted molar refractivity (Wildman–Crippen MR) is 44.7 cm³/mol. The van der Waals surface area contributed by atoms with Gasteiger partial charge in [0, 0.05) is 0 Å². The highest BCUT2D eigenvalue weighted by Crippen LogP contribution is 2.50. The van der Waals surface area contributed by atoms with E-state index in [2.05, 4.69) is 0 Å². The average Bonchev–Trinajstić information content (AvgIpc) is 2.80. The van der Waals surface area contributed by atoms with Crippen LogP contribution >= 0.6 is 0 Å². The minimum Gasteiger partial charge on any atom is -0.395 e. The van der Waals surface area contributed by atoms with E-state index in [1.807, 2.05) is 30.3 Å². The number of benzene rings is 1. The minimum absolute atomic E-state index is 0.0851. The highest BCUT2D eigenvalue weighted by Gasteiger charge is 2.55. The molecule has 1 N–H and O–H groups in total. The molecular formula is C10H11FO. The highest BCUT2D eigenvalue weighted by molar-refractivity contribution is 5.34. The van der Waals surface area contributed by atoms with Gasteiger partial charge in [0.15, 0.2) is 0 Å². The second-order valence-electron chi connectivity index (χ2n) is 3.35.